The predicted octanol–water partition coefficient (Wildman–Crippen LogP) is 4.22. The van der Waals surface area contributed by atoms with Crippen molar-refractivity contribution < 1.29 is 22.9 Å². The van der Waals surface area contributed by atoms with E-state index in [1.807, 2.05) is 0 Å². The van der Waals surface area contributed by atoms with E-state index in [-0.39, 0.29) is 24.9 Å². The van der Waals surface area contributed by atoms with Crippen LogP contribution in [0.2, 0.25) is 0 Å². The van der Waals surface area contributed by atoms with Crippen LogP contribution in [0.25, 0.3) is 0 Å². The van der Waals surface area contributed by atoms with E-state index < -0.39 is 32.3 Å². The van der Waals surface area contributed by atoms with Crippen molar-refractivity contribution >= 4 is 35.1 Å². The molecule has 2 amide bonds. The third-order valence-electron chi connectivity index (χ3n) is 5.97. The molecule has 0 heterocycles. The summed E-state index contributed by atoms with van der Waals surface area (Å²) in [5.41, 5.74) is 2.22. The highest BCUT2D eigenvalue weighted by molar-refractivity contribution is 7.91. The van der Waals surface area contributed by atoms with Gasteiger partial charge in [0.15, 0.2) is 0 Å². The van der Waals surface area contributed by atoms with E-state index in [1.165, 1.54) is 19.9 Å². The highest BCUT2D eigenvalue weighted by Gasteiger charge is 2.30. The van der Waals surface area contributed by atoms with E-state index in [0.717, 1.165) is 36.1 Å². The van der Waals surface area contributed by atoms with E-state index >= 15 is 0 Å². The summed E-state index contributed by atoms with van der Waals surface area (Å²) >= 11 is 0. The zero-order chi connectivity index (χ0) is 22.6. The molecule has 0 fully saturated rings. The van der Waals surface area contributed by atoms with Gasteiger partial charge in [-0.25, -0.2) is 22.9 Å². The molecule has 0 bridgehead atoms. The molecule has 1 atom stereocenters. The molecule has 0 saturated heterocycles. The van der Waals surface area contributed by atoms with Gasteiger partial charge in [0.05, 0.1) is 10.5 Å². The van der Waals surface area contributed by atoms with E-state index in [9.17, 15) is 22.9 Å². The molecule has 6 nitrogen and oxygen atoms in total. The Kier molecular flexibility index (Phi) is 6.72. The highest BCUT2D eigenvalue weighted by atomic mass is 32.2. The number of carbonyl (C=O) groups is 1. The summed E-state index contributed by atoms with van der Waals surface area (Å²) in [6.07, 6.45) is 4.06. The molecule has 2 aromatic rings. The molecule has 4 N–H and O–H groups in total. The van der Waals surface area contributed by atoms with E-state index in [0.29, 0.717) is 42.5 Å². The summed E-state index contributed by atoms with van der Waals surface area (Å²) in [6.45, 7) is 2.98. The molecule has 2 aliphatic carbocycles. The maximum absolute atomic E-state index is 14.8. The molecular formula is C22H27F2N3O3S2. The van der Waals surface area contributed by atoms with Crippen LogP contribution in [0.15, 0.2) is 27.5 Å². The number of anilines is 1. The van der Waals surface area contributed by atoms with Crippen LogP contribution in [0.5, 0.6) is 0 Å². The van der Waals surface area contributed by atoms with E-state index in [2.05, 4.69) is 9.68 Å². The lowest BCUT2D eigenvalue weighted by atomic mass is 9.98. The summed E-state index contributed by atoms with van der Waals surface area (Å²) in [4.78, 5) is 12.2. The van der Waals surface area contributed by atoms with Crippen LogP contribution in [0, 0.1) is 11.6 Å². The summed E-state index contributed by atoms with van der Waals surface area (Å²) < 4.78 is 45.7. The fourth-order valence-corrected chi connectivity index (χ4v) is 5.48. The minimum absolute atomic E-state index is 0. The third-order valence-corrected chi connectivity index (χ3v) is 7.35. The zero-order valence-electron chi connectivity index (χ0n) is 17.9. The van der Waals surface area contributed by atoms with Gasteiger partial charge in [-0.2, -0.15) is 13.5 Å². The third kappa shape index (κ3) is 4.41. The second-order valence-corrected chi connectivity index (χ2v) is 10.4. The van der Waals surface area contributed by atoms with Gasteiger partial charge < -0.3 is 10.4 Å². The lowest BCUT2D eigenvalue weighted by Gasteiger charge is -2.19. The van der Waals surface area contributed by atoms with Crippen molar-refractivity contribution in [2.24, 2.45) is 9.50 Å². The first-order valence-corrected chi connectivity index (χ1v) is 11.8. The molecular weight excluding hydrogens is 456 g/mol. The van der Waals surface area contributed by atoms with Crippen LogP contribution >= 0.6 is 13.5 Å². The van der Waals surface area contributed by atoms with E-state index in [4.69, 9.17) is 5.14 Å². The van der Waals surface area contributed by atoms with Gasteiger partial charge in [-0.3, -0.25) is 0 Å². The van der Waals surface area contributed by atoms with Gasteiger partial charge >= 0.3 is 6.03 Å². The van der Waals surface area contributed by atoms with Crippen LogP contribution in [-0.4, -0.2) is 15.3 Å². The predicted molar refractivity (Wildman–Crippen MR) is 125 cm³/mol. The number of nitrogens with zero attached hydrogens (tertiary/aromatic N) is 1. The van der Waals surface area contributed by atoms with Gasteiger partial charge in [-0.15, -0.1) is 4.36 Å². The average Bonchev–Trinajstić information content (AvgIpc) is 3.34. The van der Waals surface area contributed by atoms with Gasteiger partial charge in [0.25, 0.3) is 0 Å². The largest absolute Gasteiger partial charge is 0.386 e. The van der Waals surface area contributed by atoms with Crippen LogP contribution < -0.4 is 10.5 Å². The average molecular weight is 484 g/mol. The molecule has 0 aromatic heterocycles. The molecule has 10 heteroatoms. The number of carbonyl (C=O) groups excluding carboxylic acids is 1. The van der Waals surface area contributed by atoms with Crippen molar-refractivity contribution in [1.82, 2.24) is 0 Å². The van der Waals surface area contributed by atoms with Gasteiger partial charge in [-0.1, -0.05) is 6.07 Å². The van der Waals surface area contributed by atoms with E-state index in [1.54, 1.807) is 0 Å². The van der Waals surface area contributed by atoms with Crippen molar-refractivity contribution in [2.45, 2.75) is 62.9 Å². The number of nitrogens with one attached hydrogen (secondary N) is 1. The molecule has 32 heavy (non-hydrogen) atoms. The first kappa shape index (κ1) is 24.6. The van der Waals surface area contributed by atoms with Crippen molar-refractivity contribution in [3.05, 3.63) is 57.7 Å². The number of hydrogen-bond acceptors (Lipinski definition) is 3. The lowest BCUT2D eigenvalue weighted by molar-refractivity contribution is 0.0782. The Morgan fingerprint density at radius 1 is 1.09 bits per heavy atom. The standard InChI is InChI=1S/C22H25F2N3O3S.H2S/c1-22(2,29)12-9-10-17(23)18(11-12)31(25,30)27-21(28)26-20-15-7-3-5-13(15)19(24)14-6-4-8-16(14)20;/h9-11,29H,3-8H2,1-2H3,(H3,25,26,27,28,30);1H2. The first-order chi connectivity index (χ1) is 14.5. The molecule has 0 radical (unpaired) electrons. The summed E-state index contributed by atoms with van der Waals surface area (Å²) in [5.74, 6) is -1.07. The number of rotatable bonds is 3. The van der Waals surface area contributed by atoms with Gasteiger partial charge in [-0.05, 0) is 92.3 Å². The molecule has 2 aromatic carbocycles. The fraction of sp³-hybridized carbons (Fsp3) is 0.409. The SMILES string of the molecule is CC(C)(O)c1ccc(F)c(S(N)(=O)=NC(=O)Nc2c3c(c(F)c4c2CCC4)CCC3)c1.S. The first-order valence-electron chi connectivity index (χ1n) is 10.2. The normalized spacial score (nSPS) is 16.6. The highest BCUT2D eigenvalue weighted by Crippen LogP contribution is 2.41. The van der Waals surface area contributed by atoms with Crippen LogP contribution in [0.3, 0.4) is 0 Å². The number of nitrogens with two attached hydrogens (primary N) is 1. The fourth-order valence-electron chi connectivity index (χ4n) is 4.45. The number of hydrogen-bond donors (Lipinski definition) is 3. The van der Waals surface area contributed by atoms with Crippen molar-refractivity contribution in [3.63, 3.8) is 0 Å². The van der Waals surface area contributed by atoms with Crippen molar-refractivity contribution in [3.8, 4) is 0 Å². The molecule has 0 saturated carbocycles. The van der Waals surface area contributed by atoms with Crippen molar-refractivity contribution in [1.29, 1.82) is 0 Å². The number of urea groups is 1. The Morgan fingerprint density at radius 2 is 1.62 bits per heavy atom. The minimum atomic E-state index is -3.93. The molecule has 1 unspecified atom stereocenters. The summed E-state index contributed by atoms with van der Waals surface area (Å²) in [6, 6.07) is 2.55. The number of benzene rings is 2. The van der Waals surface area contributed by atoms with Crippen LogP contribution in [0.1, 0.15) is 54.5 Å². The minimum Gasteiger partial charge on any atom is -0.386 e. The molecule has 2 aliphatic rings. The zero-order valence-corrected chi connectivity index (χ0v) is 19.7. The number of aliphatic hydroxyl groups is 1. The Hall–Kier alpha value is -2.01. The number of fused-ring (bicyclic) bond motifs is 2. The number of amides is 2. The molecule has 0 spiro atoms. The van der Waals surface area contributed by atoms with Gasteiger partial charge in [0.2, 0.25) is 0 Å². The number of halogens is 2. The van der Waals surface area contributed by atoms with Gasteiger partial charge in [0, 0.05) is 5.69 Å². The smallest absolute Gasteiger partial charge is 0.354 e. The Bertz CT molecular complexity index is 1180. The Balaban J connectivity index is 0.00000289. The summed E-state index contributed by atoms with van der Waals surface area (Å²) in [5, 5.41) is 18.6. The monoisotopic (exact) mass is 483 g/mol. The maximum atomic E-state index is 14.8. The molecule has 0 aliphatic heterocycles. The quantitative estimate of drug-likeness (QED) is 0.609. The molecule has 174 valence electrons. The van der Waals surface area contributed by atoms with Crippen LogP contribution in [0.4, 0.5) is 19.3 Å². The Morgan fingerprint density at radius 3 is 2.16 bits per heavy atom. The van der Waals surface area contributed by atoms with Crippen LogP contribution in [-0.2, 0) is 41.2 Å². The maximum Gasteiger partial charge on any atom is 0.354 e. The molecule has 4 rings (SSSR count). The van der Waals surface area contributed by atoms with Gasteiger partial charge in [0.1, 0.15) is 21.5 Å². The lowest BCUT2D eigenvalue weighted by Crippen LogP contribution is -2.22. The Labute approximate surface area is 193 Å². The second kappa shape index (κ2) is 8.74. The topological polar surface area (TPSA) is 105 Å². The second-order valence-electron chi connectivity index (χ2n) is 8.60. The van der Waals surface area contributed by atoms with Crippen molar-refractivity contribution in [2.75, 3.05) is 5.32 Å². The summed E-state index contributed by atoms with van der Waals surface area (Å²) in [7, 11) is -3.93.